The molecule has 1 amide bonds. The molecule has 0 saturated heterocycles. The molecular weight excluding hydrogens is 372 g/mol. The van der Waals surface area contributed by atoms with Crippen LogP contribution in [-0.4, -0.2) is 36.4 Å². The molecule has 0 aliphatic rings. The maximum absolute atomic E-state index is 11.9. The fraction of sp³-hybridized carbons (Fsp3) is 0.167. The normalized spacial score (nSPS) is 11.3. The summed E-state index contributed by atoms with van der Waals surface area (Å²) >= 11 is 3.20. The highest BCUT2D eigenvalue weighted by atomic mass is 79.9. The Morgan fingerprint density at radius 2 is 2.30 bits per heavy atom. The molecular formula is C12H11BrN6O4. The zero-order chi connectivity index (χ0) is 17.0. The van der Waals surface area contributed by atoms with Gasteiger partial charge in [0.25, 0.3) is 5.91 Å². The number of amides is 1. The summed E-state index contributed by atoms with van der Waals surface area (Å²) in [4.78, 5) is 25.2. The fourth-order valence-electron chi connectivity index (χ4n) is 1.61. The number of hydrogen-bond donors (Lipinski definition) is 2. The van der Waals surface area contributed by atoms with Crippen molar-refractivity contribution in [2.45, 2.75) is 13.5 Å². The van der Waals surface area contributed by atoms with Gasteiger partial charge in [0, 0.05) is 9.57 Å². The fourth-order valence-corrected chi connectivity index (χ4v) is 1.97. The van der Waals surface area contributed by atoms with Crippen molar-refractivity contribution in [3.8, 4) is 5.75 Å². The smallest absolute Gasteiger partial charge is 0.490 e. The van der Waals surface area contributed by atoms with Gasteiger partial charge in [-0.15, -0.1) is 0 Å². The second-order valence-corrected chi connectivity index (χ2v) is 5.36. The van der Waals surface area contributed by atoms with Gasteiger partial charge in [-0.2, -0.15) is 9.78 Å². The van der Waals surface area contributed by atoms with E-state index in [1.54, 1.807) is 13.0 Å². The van der Waals surface area contributed by atoms with Crippen molar-refractivity contribution in [1.29, 1.82) is 0 Å². The molecule has 2 N–H and O–H groups in total. The van der Waals surface area contributed by atoms with E-state index < -0.39 is 16.8 Å². The van der Waals surface area contributed by atoms with Gasteiger partial charge in [-0.25, -0.2) is 5.43 Å². The van der Waals surface area contributed by atoms with Crippen LogP contribution in [0.3, 0.4) is 0 Å². The number of phenols is 1. The van der Waals surface area contributed by atoms with Gasteiger partial charge in [0.15, 0.2) is 0 Å². The number of nitro groups is 1. The Morgan fingerprint density at radius 1 is 1.57 bits per heavy atom. The van der Waals surface area contributed by atoms with E-state index in [9.17, 15) is 20.0 Å². The van der Waals surface area contributed by atoms with Crippen LogP contribution in [0.1, 0.15) is 17.3 Å². The molecule has 0 unspecified atom stereocenters. The minimum absolute atomic E-state index is 0.0623. The zero-order valence-electron chi connectivity index (χ0n) is 11.8. The third kappa shape index (κ3) is 4.32. The number of nitrogens with zero attached hydrogens (tertiary/aromatic N) is 5. The average Bonchev–Trinajstić information content (AvgIpc) is 2.96. The number of carbonyl (C=O) groups is 1. The lowest BCUT2D eigenvalue weighted by atomic mass is 10.2. The summed E-state index contributed by atoms with van der Waals surface area (Å²) < 4.78 is 1.86. The van der Waals surface area contributed by atoms with Crippen molar-refractivity contribution in [3.05, 3.63) is 44.7 Å². The Kier molecular flexibility index (Phi) is 5.01. The van der Waals surface area contributed by atoms with Gasteiger partial charge in [0.2, 0.25) is 6.33 Å². The molecule has 0 fully saturated rings. The second kappa shape index (κ2) is 6.96. The van der Waals surface area contributed by atoms with E-state index in [-0.39, 0.29) is 17.9 Å². The topological polar surface area (TPSA) is 136 Å². The summed E-state index contributed by atoms with van der Waals surface area (Å²) in [6, 6.07) is 4.43. The minimum atomic E-state index is -0.708. The molecule has 2 aromatic rings. The number of hydrogen-bond acceptors (Lipinski definition) is 7. The van der Waals surface area contributed by atoms with Crippen LogP contribution in [0.4, 0.5) is 5.95 Å². The van der Waals surface area contributed by atoms with E-state index in [0.717, 1.165) is 0 Å². The maximum Gasteiger partial charge on any atom is 0.490 e. The summed E-state index contributed by atoms with van der Waals surface area (Å²) in [6.07, 6.45) is 1.19. The second-order valence-electron chi connectivity index (χ2n) is 4.45. The van der Waals surface area contributed by atoms with Crippen LogP contribution in [-0.2, 0) is 6.54 Å². The van der Waals surface area contributed by atoms with Gasteiger partial charge >= 0.3 is 5.95 Å². The molecule has 23 heavy (non-hydrogen) atoms. The standard InChI is InChI=1S/C12H11BrN6O4/c1-7(5-18-6-14-12(17-18)19(22)23)15-16-11(21)9-4-8(13)2-3-10(9)20/h2-4,6,20H,5H2,1H3,(H,16,21)/b15-7+. The highest BCUT2D eigenvalue weighted by Crippen LogP contribution is 2.21. The Balaban J connectivity index is 2.02. The first kappa shape index (κ1) is 16.5. The van der Waals surface area contributed by atoms with E-state index in [1.165, 1.54) is 23.1 Å². The first-order chi connectivity index (χ1) is 10.9. The molecule has 11 heteroatoms. The molecule has 0 spiro atoms. The lowest BCUT2D eigenvalue weighted by molar-refractivity contribution is -0.394. The van der Waals surface area contributed by atoms with Crippen LogP contribution < -0.4 is 5.43 Å². The van der Waals surface area contributed by atoms with Crippen molar-refractivity contribution in [3.63, 3.8) is 0 Å². The number of aromatic nitrogens is 3. The van der Waals surface area contributed by atoms with Crippen LogP contribution >= 0.6 is 15.9 Å². The van der Waals surface area contributed by atoms with Crippen LogP contribution in [0.25, 0.3) is 0 Å². The predicted octanol–water partition coefficient (Wildman–Crippen LogP) is 1.46. The number of benzene rings is 1. The highest BCUT2D eigenvalue weighted by Gasteiger charge is 2.14. The van der Waals surface area contributed by atoms with Crippen molar-refractivity contribution in [2.75, 3.05) is 0 Å². The Morgan fingerprint density at radius 3 is 2.96 bits per heavy atom. The molecule has 1 aromatic carbocycles. The first-order valence-corrected chi connectivity index (χ1v) is 7.02. The van der Waals surface area contributed by atoms with Crippen molar-refractivity contribution >= 4 is 33.5 Å². The maximum atomic E-state index is 11.9. The Hall–Kier alpha value is -2.82. The molecule has 10 nitrogen and oxygen atoms in total. The lowest BCUT2D eigenvalue weighted by Gasteiger charge is -2.04. The summed E-state index contributed by atoms with van der Waals surface area (Å²) in [6.45, 7) is 1.72. The molecule has 0 radical (unpaired) electrons. The van der Waals surface area contributed by atoms with Gasteiger partial charge in [-0.3, -0.25) is 4.79 Å². The number of carbonyl (C=O) groups excluding carboxylic acids is 1. The minimum Gasteiger partial charge on any atom is -0.507 e. The van der Waals surface area contributed by atoms with Gasteiger partial charge < -0.3 is 15.2 Å². The number of halogens is 1. The SMILES string of the molecule is C/C(Cn1cnc([N+](=O)[O-])n1)=N\NC(=O)c1cc(Br)ccc1O. The summed E-state index contributed by atoms with van der Waals surface area (Å²) in [5.74, 6) is -1.28. The number of aromatic hydroxyl groups is 1. The molecule has 0 aliphatic carbocycles. The Labute approximate surface area is 138 Å². The quantitative estimate of drug-likeness (QED) is 0.456. The van der Waals surface area contributed by atoms with Gasteiger partial charge in [0.05, 0.1) is 17.8 Å². The van der Waals surface area contributed by atoms with E-state index in [2.05, 4.69) is 36.5 Å². The monoisotopic (exact) mass is 382 g/mol. The van der Waals surface area contributed by atoms with E-state index in [4.69, 9.17) is 0 Å². The molecule has 0 atom stereocenters. The molecule has 1 aromatic heterocycles. The van der Waals surface area contributed by atoms with E-state index in [1.807, 2.05) is 0 Å². The van der Waals surface area contributed by atoms with E-state index >= 15 is 0 Å². The molecule has 0 bridgehead atoms. The largest absolute Gasteiger partial charge is 0.507 e. The zero-order valence-corrected chi connectivity index (χ0v) is 13.4. The number of phenolic OH excluding ortho intramolecular Hbond substituents is 1. The molecule has 0 saturated carbocycles. The van der Waals surface area contributed by atoms with Crippen molar-refractivity contribution in [2.24, 2.45) is 5.10 Å². The molecule has 0 aliphatic heterocycles. The first-order valence-electron chi connectivity index (χ1n) is 6.22. The van der Waals surface area contributed by atoms with E-state index in [0.29, 0.717) is 10.2 Å². The van der Waals surface area contributed by atoms with Crippen molar-refractivity contribution < 1.29 is 14.8 Å². The van der Waals surface area contributed by atoms with Crippen LogP contribution in [0, 0.1) is 10.1 Å². The number of hydrazone groups is 1. The Bertz CT molecular complexity index is 788. The third-order valence-corrected chi connectivity index (χ3v) is 3.12. The van der Waals surface area contributed by atoms with Gasteiger partial charge in [-0.05, 0) is 30.0 Å². The molecule has 120 valence electrons. The average molecular weight is 383 g/mol. The highest BCUT2D eigenvalue weighted by molar-refractivity contribution is 9.10. The van der Waals surface area contributed by atoms with Crippen LogP contribution in [0.15, 0.2) is 34.1 Å². The summed E-state index contributed by atoms with van der Waals surface area (Å²) in [5, 5.41) is 27.6. The number of rotatable bonds is 5. The van der Waals surface area contributed by atoms with Crippen LogP contribution in [0.2, 0.25) is 0 Å². The lowest BCUT2D eigenvalue weighted by Crippen LogP contribution is -2.20. The van der Waals surface area contributed by atoms with Gasteiger partial charge in [-0.1, -0.05) is 20.9 Å². The molecule has 1 heterocycles. The summed E-state index contributed by atoms with van der Waals surface area (Å²) in [7, 11) is 0. The molecule has 2 rings (SSSR count). The summed E-state index contributed by atoms with van der Waals surface area (Å²) in [5.41, 5.74) is 2.79. The van der Waals surface area contributed by atoms with Crippen LogP contribution in [0.5, 0.6) is 5.75 Å². The van der Waals surface area contributed by atoms with Gasteiger partial charge in [0.1, 0.15) is 5.75 Å². The number of nitrogens with one attached hydrogen (secondary N) is 1. The predicted molar refractivity (Wildman–Crippen MR) is 83.1 cm³/mol. The van der Waals surface area contributed by atoms with Crippen molar-refractivity contribution in [1.82, 2.24) is 20.2 Å². The third-order valence-electron chi connectivity index (χ3n) is 2.63.